The van der Waals surface area contributed by atoms with Crippen LogP contribution in [0.5, 0.6) is 0 Å². The third kappa shape index (κ3) is 2.66. The number of likely N-dealkylation sites (tertiary alicyclic amines) is 1. The number of hydrogen-bond acceptors (Lipinski definition) is 3. The Morgan fingerprint density at radius 3 is 2.67 bits per heavy atom. The second-order valence-electron chi connectivity index (χ2n) is 5.05. The van der Waals surface area contributed by atoms with E-state index in [1.165, 1.54) is 11.0 Å². The van der Waals surface area contributed by atoms with Gasteiger partial charge in [-0.2, -0.15) is 0 Å². The lowest BCUT2D eigenvalue weighted by Gasteiger charge is -2.30. The summed E-state index contributed by atoms with van der Waals surface area (Å²) in [4.78, 5) is 23.5. The molecule has 0 bridgehead atoms. The van der Waals surface area contributed by atoms with Gasteiger partial charge in [0.15, 0.2) is 0 Å². The van der Waals surface area contributed by atoms with Crippen molar-refractivity contribution in [2.24, 2.45) is 11.3 Å². The number of nitrogens with zero attached hydrogens (tertiary/aromatic N) is 1. The molecule has 1 heterocycles. The number of piperidine rings is 1. The summed E-state index contributed by atoms with van der Waals surface area (Å²) in [7, 11) is 0. The van der Waals surface area contributed by atoms with Gasteiger partial charge in [-0.25, -0.2) is 9.59 Å². The molecule has 1 aliphatic heterocycles. The molecular weight excluding hydrogens is 234 g/mol. The van der Waals surface area contributed by atoms with E-state index < -0.39 is 6.09 Å². The van der Waals surface area contributed by atoms with Crippen molar-refractivity contribution >= 4 is 12.1 Å². The number of esters is 1. The van der Waals surface area contributed by atoms with Gasteiger partial charge >= 0.3 is 12.1 Å². The maximum Gasteiger partial charge on any atom is 0.407 e. The fourth-order valence-corrected chi connectivity index (χ4v) is 2.75. The van der Waals surface area contributed by atoms with E-state index in [1.807, 2.05) is 6.08 Å². The lowest BCUT2D eigenvalue weighted by molar-refractivity contribution is -0.137. The molecular formula is C13H19NO4. The molecule has 1 unspecified atom stereocenters. The zero-order valence-corrected chi connectivity index (χ0v) is 10.6. The average Bonchev–Trinajstić information content (AvgIpc) is 3.00. The van der Waals surface area contributed by atoms with Crippen molar-refractivity contribution in [3.8, 4) is 0 Å². The molecule has 1 saturated heterocycles. The van der Waals surface area contributed by atoms with Gasteiger partial charge in [-0.15, -0.1) is 0 Å². The lowest BCUT2D eigenvalue weighted by atomic mass is 9.91. The van der Waals surface area contributed by atoms with Crippen LogP contribution in [0.25, 0.3) is 0 Å². The zero-order chi connectivity index (χ0) is 13.2. The molecule has 1 N–H and O–H groups in total. The van der Waals surface area contributed by atoms with Crippen LogP contribution in [0, 0.1) is 11.3 Å². The van der Waals surface area contributed by atoms with E-state index in [0.29, 0.717) is 25.6 Å². The monoisotopic (exact) mass is 253 g/mol. The molecule has 5 heteroatoms. The van der Waals surface area contributed by atoms with Crippen molar-refractivity contribution in [1.29, 1.82) is 0 Å². The van der Waals surface area contributed by atoms with Gasteiger partial charge < -0.3 is 14.7 Å². The van der Waals surface area contributed by atoms with Crippen molar-refractivity contribution < 1.29 is 19.4 Å². The smallest absolute Gasteiger partial charge is 0.407 e. The predicted molar refractivity (Wildman–Crippen MR) is 65.1 cm³/mol. The van der Waals surface area contributed by atoms with E-state index in [2.05, 4.69) is 0 Å². The zero-order valence-electron chi connectivity index (χ0n) is 10.6. The molecule has 1 saturated carbocycles. The van der Waals surface area contributed by atoms with Gasteiger partial charge in [-0.05, 0) is 37.5 Å². The van der Waals surface area contributed by atoms with Crippen molar-refractivity contribution in [2.75, 3.05) is 19.7 Å². The van der Waals surface area contributed by atoms with E-state index in [9.17, 15) is 9.59 Å². The highest BCUT2D eigenvalue weighted by Gasteiger charge is 2.53. The van der Waals surface area contributed by atoms with Crippen molar-refractivity contribution in [2.45, 2.75) is 26.2 Å². The summed E-state index contributed by atoms with van der Waals surface area (Å²) in [5.74, 6) is 0.125. The molecule has 1 atom stereocenters. The fourth-order valence-electron chi connectivity index (χ4n) is 2.75. The van der Waals surface area contributed by atoms with Crippen molar-refractivity contribution in [3.63, 3.8) is 0 Å². The van der Waals surface area contributed by atoms with Crippen LogP contribution >= 0.6 is 0 Å². The lowest BCUT2D eigenvalue weighted by Crippen LogP contribution is -2.38. The van der Waals surface area contributed by atoms with Gasteiger partial charge in [0.05, 0.1) is 6.61 Å². The van der Waals surface area contributed by atoms with Crippen LogP contribution in [-0.2, 0) is 9.53 Å². The molecule has 0 aromatic heterocycles. The van der Waals surface area contributed by atoms with Crippen LogP contribution < -0.4 is 0 Å². The SMILES string of the molecule is CCOC(=O)C=CC1CC12CCN(C(=O)O)CC2. The van der Waals surface area contributed by atoms with Crippen molar-refractivity contribution in [3.05, 3.63) is 12.2 Å². The number of hydrogen-bond donors (Lipinski definition) is 1. The van der Waals surface area contributed by atoms with E-state index in [0.717, 1.165) is 19.3 Å². The van der Waals surface area contributed by atoms with Crippen LogP contribution in [0.15, 0.2) is 12.2 Å². The highest BCUT2D eigenvalue weighted by Crippen LogP contribution is 2.60. The van der Waals surface area contributed by atoms with Crippen LogP contribution in [0.3, 0.4) is 0 Å². The van der Waals surface area contributed by atoms with Gasteiger partial charge in [-0.3, -0.25) is 0 Å². The maximum absolute atomic E-state index is 11.2. The Bertz CT molecular complexity index is 369. The summed E-state index contributed by atoms with van der Waals surface area (Å²) in [5.41, 5.74) is 0.245. The number of allylic oxidation sites excluding steroid dienone is 1. The molecule has 18 heavy (non-hydrogen) atoms. The first-order valence-corrected chi connectivity index (χ1v) is 6.40. The topological polar surface area (TPSA) is 66.8 Å². The largest absolute Gasteiger partial charge is 0.465 e. The maximum atomic E-state index is 11.2. The summed E-state index contributed by atoms with van der Waals surface area (Å²) in [6.45, 7) is 3.40. The Morgan fingerprint density at radius 2 is 2.11 bits per heavy atom. The van der Waals surface area contributed by atoms with E-state index >= 15 is 0 Å². The van der Waals surface area contributed by atoms with Gasteiger partial charge in [-0.1, -0.05) is 6.08 Å². The standard InChI is InChI=1S/C13H19NO4/c1-2-18-11(15)4-3-10-9-13(10)5-7-14(8-6-13)12(16)17/h3-4,10H,2,5-9H2,1H3,(H,16,17). The van der Waals surface area contributed by atoms with Crippen LogP contribution in [0.2, 0.25) is 0 Å². The summed E-state index contributed by atoms with van der Waals surface area (Å²) < 4.78 is 4.83. The molecule has 0 aromatic carbocycles. The van der Waals surface area contributed by atoms with Crippen LogP contribution in [0.1, 0.15) is 26.2 Å². The quantitative estimate of drug-likeness (QED) is 0.616. The van der Waals surface area contributed by atoms with Gasteiger partial charge in [0.1, 0.15) is 0 Å². The minimum atomic E-state index is -0.830. The van der Waals surface area contributed by atoms with Crippen LogP contribution in [-0.4, -0.2) is 41.8 Å². The molecule has 5 nitrogen and oxygen atoms in total. The Morgan fingerprint density at radius 1 is 1.44 bits per heavy atom. The second kappa shape index (κ2) is 5.00. The summed E-state index contributed by atoms with van der Waals surface area (Å²) >= 11 is 0. The minimum absolute atomic E-state index is 0.245. The average molecular weight is 253 g/mol. The highest BCUT2D eigenvalue weighted by molar-refractivity contribution is 5.82. The third-order valence-electron chi connectivity index (χ3n) is 4.03. The number of amides is 1. The first-order valence-electron chi connectivity index (χ1n) is 6.40. The van der Waals surface area contributed by atoms with Crippen LogP contribution in [0.4, 0.5) is 4.79 Å². The number of ether oxygens (including phenoxy) is 1. The summed E-state index contributed by atoms with van der Waals surface area (Å²) in [6.07, 6.45) is 5.47. The fraction of sp³-hybridized carbons (Fsp3) is 0.692. The minimum Gasteiger partial charge on any atom is -0.465 e. The molecule has 0 aromatic rings. The third-order valence-corrected chi connectivity index (χ3v) is 4.03. The normalized spacial score (nSPS) is 25.4. The van der Waals surface area contributed by atoms with Crippen molar-refractivity contribution in [1.82, 2.24) is 4.90 Å². The number of carbonyl (C=O) groups excluding carboxylic acids is 1. The number of rotatable bonds is 3. The first kappa shape index (κ1) is 12.9. The molecule has 2 aliphatic rings. The molecule has 1 amide bonds. The first-order chi connectivity index (χ1) is 8.57. The van der Waals surface area contributed by atoms with Gasteiger partial charge in [0.2, 0.25) is 0 Å². The summed E-state index contributed by atoms with van der Waals surface area (Å²) in [5, 5.41) is 8.88. The highest BCUT2D eigenvalue weighted by atomic mass is 16.5. The summed E-state index contributed by atoms with van der Waals surface area (Å²) in [6, 6.07) is 0. The second-order valence-corrected chi connectivity index (χ2v) is 5.05. The molecule has 1 spiro atoms. The molecule has 100 valence electrons. The Labute approximate surface area is 106 Å². The van der Waals surface area contributed by atoms with Gasteiger partial charge in [0.25, 0.3) is 0 Å². The Kier molecular flexibility index (Phi) is 3.59. The molecule has 2 fully saturated rings. The Hall–Kier alpha value is -1.52. The van der Waals surface area contributed by atoms with Gasteiger partial charge in [0, 0.05) is 19.2 Å². The molecule has 1 aliphatic carbocycles. The van der Waals surface area contributed by atoms with E-state index in [-0.39, 0.29) is 11.4 Å². The van der Waals surface area contributed by atoms with E-state index in [1.54, 1.807) is 6.92 Å². The number of carbonyl (C=O) groups is 2. The van der Waals surface area contributed by atoms with E-state index in [4.69, 9.17) is 9.84 Å². The molecule has 2 rings (SSSR count). The number of carboxylic acid groups (broad SMARTS) is 1. The molecule has 0 radical (unpaired) electrons. The Balaban J connectivity index is 1.81. The predicted octanol–water partition coefficient (Wildman–Crippen LogP) is 1.89.